The molecule has 1 aliphatic heterocycles. The van der Waals surface area contributed by atoms with Gasteiger partial charge in [0.2, 0.25) is 0 Å². The number of hydrogen-bond acceptors (Lipinski definition) is 3. The molecule has 1 heterocycles. The molecule has 3 nitrogen and oxygen atoms in total. The van der Waals surface area contributed by atoms with E-state index in [-0.39, 0.29) is 6.04 Å². The van der Waals surface area contributed by atoms with Crippen molar-refractivity contribution in [2.45, 2.75) is 38.8 Å². The molecule has 1 fully saturated rings. The molecule has 0 amide bonds. The highest BCUT2D eigenvalue weighted by molar-refractivity contribution is 9.10. The lowest BCUT2D eigenvalue weighted by Crippen LogP contribution is -2.39. The first-order chi connectivity index (χ1) is 9.11. The molecule has 0 aromatic heterocycles. The summed E-state index contributed by atoms with van der Waals surface area (Å²) in [5.41, 5.74) is 8.32. The van der Waals surface area contributed by atoms with Gasteiger partial charge in [0, 0.05) is 30.2 Å². The third kappa shape index (κ3) is 3.71. The predicted molar refractivity (Wildman–Crippen MR) is 83.6 cm³/mol. The molecule has 4 heteroatoms. The van der Waals surface area contributed by atoms with E-state index in [1.54, 1.807) is 0 Å². The van der Waals surface area contributed by atoms with Crippen LogP contribution in [-0.2, 0) is 4.74 Å². The maximum Gasteiger partial charge on any atom is 0.0750 e. The summed E-state index contributed by atoms with van der Waals surface area (Å²) < 4.78 is 6.88. The minimum absolute atomic E-state index is 0.0721. The summed E-state index contributed by atoms with van der Waals surface area (Å²) >= 11 is 3.67. The van der Waals surface area contributed by atoms with Crippen molar-refractivity contribution in [3.63, 3.8) is 0 Å². The highest BCUT2D eigenvalue weighted by Crippen LogP contribution is 2.31. The number of ether oxygens (including phenoxy) is 1. The van der Waals surface area contributed by atoms with Gasteiger partial charge in [0.05, 0.1) is 11.8 Å². The number of rotatable bonds is 4. The first-order valence-corrected chi connectivity index (χ1v) is 7.82. The highest BCUT2D eigenvalue weighted by Gasteiger charge is 2.21. The number of anilines is 1. The molecule has 2 atom stereocenters. The van der Waals surface area contributed by atoms with Crippen LogP contribution in [-0.4, -0.2) is 25.8 Å². The Kier molecular flexibility index (Phi) is 5.25. The third-order valence-electron chi connectivity index (χ3n) is 3.62. The monoisotopic (exact) mass is 326 g/mol. The number of nitrogens with two attached hydrogens (primary N) is 1. The van der Waals surface area contributed by atoms with E-state index in [4.69, 9.17) is 10.5 Å². The number of halogens is 1. The van der Waals surface area contributed by atoms with Gasteiger partial charge >= 0.3 is 0 Å². The Morgan fingerprint density at radius 3 is 2.95 bits per heavy atom. The zero-order valence-corrected chi connectivity index (χ0v) is 13.3. The van der Waals surface area contributed by atoms with Crippen LogP contribution in [0.25, 0.3) is 0 Å². The quantitative estimate of drug-likeness (QED) is 0.920. The molecule has 1 aromatic carbocycles. The summed E-state index contributed by atoms with van der Waals surface area (Å²) in [7, 11) is 0. The fourth-order valence-electron chi connectivity index (χ4n) is 2.59. The first kappa shape index (κ1) is 14.8. The van der Waals surface area contributed by atoms with Gasteiger partial charge in [0.15, 0.2) is 0 Å². The molecule has 1 aromatic rings. The lowest BCUT2D eigenvalue weighted by Gasteiger charge is -2.35. The molecule has 0 spiro atoms. The molecule has 1 saturated heterocycles. The second-order valence-electron chi connectivity index (χ2n) is 5.17. The molecule has 1 unspecified atom stereocenters. The second-order valence-corrected chi connectivity index (χ2v) is 6.02. The van der Waals surface area contributed by atoms with E-state index in [0.717, 1.165) is 29.7 Å². The van der Waals surface area contributed by atoms with E-state index in [0.29, 0.717) is 6.10 Å². The van der Waals surface area contributed by atoms with Crippen LogP contribution in [0.4, 0.5) is 5.69 Å². The number of piperidine rings is 1. The van der Waals surface area contributed by atoms with Crippen LogP contribution in [0.3, 0.4) is 0 Å². The summed E-state index contributed by atoms with van der Waals surface area (Å²) in [4.78, 5) is 2.40. The van der Waals surface area contributed by atoms with Crippen molar-refractivity contribution >= 4 is 21.6 Å². The molecule has 2 rings (SSSR count). The molecule has 19 heavy (non-hydrogen) atoms. The van der Waals surface area contributed by atoms with Gasteiger partial charge in [-0.3, -0.25) is 0 Å². The lowest BCUT2D eigenvalue weighted by atomic mass is 10.1. The lowest BCUT2D eigenvalue weighted by molar-refractivity contribution is 0.0526. The predicted octanol–water partition coefficient (Wildman–Crippen LogP) is 3.47. The molecule has 1 aliphatic rings. The third-order valence-corrected chi connectivity index (χ3v) is 4.25. The summed E-state index contributed by atoms with van der Waals surface area (Å²) in [5.74, 6) is 0. The molecule has 2 N–H and O–H groups in total. The summed E-state index contributed by atoms with van der Waals surface area (Å²) in [6.07, 6.45) is 2.71. The van der Waals surface area contributed by atoms with E-state index < -0.39 is 0 Å². The van der Waals surface area contributed by atoms with Crippen LogP contribution in [0.2, 0.25) is 0 Å². The molecule has 106 valence electrons. The largest absolute Gasteiger partial charge is 0.377 e. The van der Waals surface area contributed by atoms with E-state index in [2.05, 4.69) is 46.0 Å². The van der Waals surface area contributed by atoms with Crippen molar-refractivity contribution in [3.8, 4) is 0 Å². The van der Waals surface area contributed by atoms with Gasteiger partial charge in [0.1, 0.15) is 0 Å². The minimum atomic E-state index is 0.0721. The fourth-order valence-corrected chi connectivity index (χ4v) is 3.24. The van der Waals surface area contributed by atoms with Gasteiger partial charge < -0.3 is 15.4 Å². The van der Waals surface area contributed by atoms with Gasteiger partial charge in [-0.15, -0.1) is 0 Å². The molecule has 0 bridgehead atoms. The number of hydrogen-bond donors (Lipinski definition) is 1. The van der Waals surface area contributed by atoms with Crippen LogP contribution in [0.5, 0.6) is 0 Å². The van der Waals surface area contributed by atoms with E-state index in [1.165, 1.54) is 18.5 Å². The average molecular weight is 327 g/mol. The van der Waals surface area contributed by atoms with Gasteiger partial charge in [-0.25, -0.2) is 0 Å². The van der Waals surface area contributed by atoms with Crippen molar-refractivity contribution in [2.75, 3.05) is 24.6 Å². The topological polar surface area (TPSA) is 38.5 Å². The van der Waals surface area contributed by atoms with Crippen LogP contribution in [0, 0.1) is 0 Å². The van der Waals surface area contributed by atoms with Gasteiger partial charge in [0.25, 0.3) is 0 Å². The van der Waals surface area contributed by atoms with Crippen LogP contribution < -0.4 is 10.6 Å². The summed E-state index contributed by atoms with van der Waals surface area (Å²) in [5, 5.41) is 0. The van der Waals surface area contributed by atoms with Crippen molar-refractivity contribution in [2.24, 2.45) is 5.73 Å². The van der Waals surface area contributed by atoms with Gasteiger partial charge in [-0.05, 0) is 60.3 Å². The van der Waals surface area contributed by atoms with Gasteiger partial charge in [-0.1, -0.05) is 6.07 Å². The zero-order chi connectivity index (χ0) is 13.8. The van der Waals surface area contributed by atoms with Gasteiger partial charge in [-0.2, -0.15) is 0 Å². The Morgan fingerprint density at radius 2 is 2.32 bits per heavy atom. The summed E-state index contributed by atoms with van der Waals surface area (Å²) in [6, 6.07) is 6.49. The molecular weight excluding hydrogens is 304 g/mol. The van der Waals surface area contributed by atoms with E-state index >= 15 is 0 Å². The van der Waals surface area contributed by atoms with Crippen LogP contribution in [0.1, 0.15) is 38.3 Å². The van der Waals surface area contributed by atoms with E-state index in [9.17, 15) is 0 Å². The average Bonchev–Trinajstić information content (AvgIpc) is 2.39. The van der Waals surface area contributed by atoms with E-state index in [1.807, 2.05) is 6.92 Å². The van der Waals surface area contributed by atoms with Crippen molar-refractivity contribution in [3.05, 3.63) is 28.2 Å². The smallest absolute Gasteiger partial charge is 0.0750 e. The SMILES string of the molecule is CCOC1CCCN(c2ccc([C@@H](C)N)cc2Br)C1. The second kappa shape index (κ2) is 6.73. The zero-order valence-electron chi connectivity index (χ0n) is 11.7. The van der Waals surface area contributed by atoms with Crippen molar-refractivity contribution in [1.29, 1.82) is 0 Å². The maximum absolute atomic E-state index is 5.92. The minimum Gasteiger partial charge on any atom is -0.377 e. The molecule has 0 saturated carbocycles. The summed E-state index contributed by atoms with van der Waals surface area (Å²) in [6.45, 7) is 6.94. The number of nitrogens with zero attached hydrogens (tertiary/aromatic N) is 1. The van der Waals surface area contributed by atoms with Crippen LogP contribution in [0.15, 0.2) is 22.7 Å². The molecule has 0 radical (unpaired) electrons. The molecular formula is C15H23BrN2O. The Bertz CT molecular complexity index is 421. The number of benzene rings is 1. The normalized spacial score (nSPS) is 21.5. The first-order valence-electron chi connectivity index (χ1n) is 7.03. The standard InChI is InChI=1S/C15H23BrN2O/c1-3-19-13-5-4-8-18(10-13)15-7-6-12(11(2)17)9-14(15)16/h6-7,9,11,13H,3-5,8,10,17H2,1-2H3/t11-,13?/m1/s1. The Labute approximate surface area is 124 Å². The Balaban J connectivity index is 2.12. The highest BCUT2D eigenvalue weighted by atomic mass is 79.9. The van der Waals surface area contributed by atoms with Crippen molar-refractivity contribution in [1.82, 2.24) is 0 Å². The molecule has 0 aliphatic carbocycles. The fraction of sp³-hybridized carbons (Fsp3) is 0.600. The van der Waals surface area contributed by atoms with Crippen molar-refractivity contribution < 1.29 is 4.74 Å². The Morgan fingerprint density at radius 1 is 1.53 bits per heavy atom. The maximum atomic E-state index is 5.92. The Hall–Kier alpha value is -0.580. The van der Waals surface area contributed by atoms with Crippen LogP contribution >= 0.6 is 15.9 Å².